The zero-order valence-electron chi connectivity index (χ0n) is 15.0. The molecule has 1 atom stereocenters. The van der Waals surface area contributed by atoms with E-state index in [2.05, 4.69) is 10.3 Å². The fourth-order valence-electron chi connectivity index (χ4n) is 2.93. The third-order valence-corrected chi connectivity index (χ3v) is 4.27. The van der Waals surface area contributed by atoms with E-state index in [4.69, 9.17) is 4.74 Å². The van der Waals surface area contributed by atoms with Crippen LogP contribution >= 0.6 is 0 Å². The third kappa shape index (κ3) is 3.59. The number of hydrogen-bond acceptors (Lipinski definition) is 4. The van der Waals surface area contributed by atoms with Gasteiger partial charge < -0.3 is 10.1 Å². The van der Waals surface area contributed by atoms with Crippen LogP contribution in [0.2, 0.25) is 0 Å². The van der Waals surface area contributed by atoms with Crippen LogP contribution in [0.4, 0.5) is 0 Å². The highest BCUT2D eigenvalue weighted by Crippen LogP contribution is 2.25. The lowest BCUT2D eigenvalue weighted by atomic mass is 10.0. The first kappa shape index (κ1) is 17.7. The van der Waals surface area contributed by atoms with Gasteiger partial charge in [-0.15, -0.1) is 0 Å². The van der Waals surface area contributed by atoms with E-state index in [0.717, 1.165) is 11.1 Å². The molecule has 0 spiro atoms. The van der Waals surface area contributed by atoms with Gasteiger partial charge in [0.05, 0.1) is 30.4 Å². The second-order valence-electron chi connectivity index (χ2n) is 6.23. The normalized spacial score (nSPS) is 12.0. The molecule has 1 aromatic heterocycles. The number of rotatable bonds is 5. The molecular weight excluding hydrogens is 330 g/mol. The fourth-order valence-corrected chi connectivity index (χ4v) is 2.93. The van der Waals surface area contributed by atoms with Crippen LogP contribution in [0, 0.1) is 6.92 Å². The summed E-state index contributed by atoms with van der Waals surface area (Å²) < 4.78 is 6.69. The van der Waals surface area contributed by atoms with Crippen molar-refractivity contribution in [2.24, 2.45) is 0 Å². The maximum Gasteiger partial charge on any atom is 0.261 e. The van der Waals surface area contributed by atoms with Crippen molar-refractivity contribution < 1.29 is 9.53 Å². The molecule has 0 saturated heterocycles. The Balaban J connectivity index is 1.78. The maximum atomic E-state index is 12.5. The van der Waals surface area contributed by atoms with Crippen LogP contribution in [-0.2, 0) is 11.3 Å². The number of methoxy groups -OCH3 is 1. The van der Waals surface area contributed by atoms with Gasteiger partial charge in [0.2, 0.25) is 5.91 Å². The van der Waals surface area contributed by atoms with Crippen molar-refractivity contribution in [3.8, 4) is 5.75 Å². The molecule has 3 aromatic rings. The van der Waals surface area contributed by atoms with Crippen molar-refractivity contribution in [1.82, 2.24) is 14.9 Å². The van der Waals surface area contributed by atoms with Gasteiger partial charge in [0.25, 0.3) is 5.56 Å². The first-order valence-corrected chi connectivity index (χ1v) is 8.37. The van der Waals surface area contributed by atoms with E-state index in [1.807, 2.05) is 38.1 Å². The van der Waals surface area contributed by atoms with E-state index in [0.29, 0.717) is 16.7 Å². The molecule has 0 radical (unpaired) electrons. The van der Waals surface area contributed by atoms with Gasteiger partial charge in [-0.25, -0.2) is 4.98 Å². The highest BCUT2D eigenvalue weighted by atomic mass is 16.5. The molecule has 0 saturated carbocycles. The Labute approximate surface area is 151 Å². The van der Waals surface area contributed by atoms with Gasteiger partial charge in [0.1, 0.15) is 12.3 Å². The van der Waals surface area contributed by atoms with Crippen molar-refractivity contribution in [3.05, 3.63) is 70.3 Å². The molecule has 26 heavy (non-hydrogen) atoms. The average Bonchev–Trinajstić information content (AvgIpc) is 2.64. The molecule has 6 heteroatoms. The summed E-state index contributed by atoms with van der Waals surface area (Å²) in [6.45, 7) is 3.78. The monoisotopic (exact) mass is 351 g/mol. The van der Waals surface area contributed by atoms with Crippen LogP contribution in [0.15, 0.2) is 53.6 Å². The molecule has 1 amide bonds. The molecule has 0 aliphatic heterocycles. The molecule has 0 bridgehead atoms. The van der Waals surface area contributed by atoms with E-state index < -0.39 is 0 Å². The van der Waals surface area contributed by atoms with Gasteiger partial charge in [-0.1, -0.05) is 29.8 Å². The Kier molecular flexibility index (Phi) is 5.02. The highest BCUT2D eigenvalue weighted by Gasteiger charge is 2.15. The number of nitrogens with one attached hydrogen (secondary N) is 1. The summed E-state index contributed by atoms with van der Waals surface area (Å²) in [5.74, 6) is 0.452. The Morgan fingerprint density at radius 2 is 2.04 bits per heavy atom. The summed E-state index contributed by atoms with van der Waals surface area (Å²) in [7, 11) is 1.60. The molecule has 0 fully saturated rings. The van der Waals surface area contributed by atoms with Crippen LogP contribution in [-0.4, -0.2) is 22.6 Å². The summed E-state index contributed by atoms with van der Waals surface area (Å²) in [6.07, 6.45) is 1.40. The van der Waals surface area contributed by atoms with Gasteiger partial charge in [0.15, 0.2) is 0 Å². The summed E-state index contributed by atoms with van der Waals surface area (Å²) in [5, 5.41) is 3.41. The number of aryl methyl sites for hydroxylation is 1. The summed E-state index contributed by atoms with van der Waals surface area (Å²) in [5.41, 5.74) is 2.36. The molecule has 2 aromatic carbocycles. The first-order valence-electron chi connectivity index (χ1n) is 8.37. The Hall–Kier alpha value is -3.15. The van der Waals surface area contributed by atoms with Crippen LogP contribution in [0.25, 0.3) is 10.9 Å². The van der Waals surface area contributed by atoms with E-state index in [9.17, 15) is 9.59 Å². The highest BCUT2D eigenvalue weighted by molar-refractivity contribution is 5.79. The fraction of sp³-hybridized carbons (Fsp3) is 0.250. The van der Waals surface area contributed by atoms with Crippen LogP contribution in [0.1, 0.15) is 24.1 Å². The molecule has 1 N–H and O–H groups in total. The number of carbonyl (C=O) groups is 1. The van der Waals surface area contributed by atoms with Crippen LogP contribution in [0.5, 0.6) is 5.75 Å². The van der Waals surface area contributed by atoms with Crippen molar-refractivity contribution in [2.45, 2.75) is 26.4 Å². The Bertz CT molecular complexity index is 1010. The third-order valence-electron chi connectivity index (χ3n) is 4.27. The number of benzene rings is 2. The number of fused-ring (bicyclic) bond motifs is 1. The number of nitrogens with zero attached hydrogens (tertiary/aromatic N) is 2. The zero-order valence-corrected chi connectivity index (χ0v) is 15.0. The number of amides is 1. The van der Waals surface area contributed by atoms with E-state index >= 15 is 0 Å². The van der Waals surface area contributed by atoms with Gasteiger partial charge in [-0.2, -0.15) is 0 Å². The quantitative estimate of drug-likeness (QED) is 0.767. The van der Waals surface area contributed by atoms with Crippen molar-refractivity contribution >= 4 is 16.8 Å². The number of carbonyl (C=O) groups excluding carboxylic acids is 1. The number of para-hydroxylation sites is 1. The standard InChI is InChI=1S/C20H21N3O3/c1-13-8-9-18(26-3)16(10-13)14(2)22-19(24)11-23-12-21-17-7-5-4-6-15(17)20(23)25/h4-10,12,14H,11H2,1-3H3,(H,22,24). The van der Waals surface area contributed by atoms with Gasteiger partial charge in [0, 0.05) is 5.56 Å². The molecule has 6 nitrogen and oxygen atoms in total. The molecule has 134 valence electrons. The summed E-state index contributed by atoms with van der Waals surface area (Å²) in [4.78, 5) is 29.2. The summed E-state index contributed by atoms with van der Waals surface area (Å²) >= 11 is 0. The average molecular weight is 351 g/mol. The SMILES string of the molecule is COc1ccc(C)cc1C(C)NC(=O)Cn1cnc2ccccc2c1=O. The molecule has 1 unspecified atom stereocenters. The first-order chi connectivity index (χ1) is 12.5. The molecular formula is C20H21N3O3. The lowest BCUT2D eigenvalue weighted by Crippen LogP contribution is -2.34. The van der Waals surface area contributed by atoms with Gasteiger partial charge >= 0.3 is 0 Å². The zero-order chi connectivity index (χ0) is 18.7. The lowest BCUT2D eigenvalue weighted by molar-refractivity contribution is -0.122. The van der Waals surface area contributed by atoms with Crippen molar-refractivity contribution in [3.63, 3.8) is 0 Å². The smallest absolute Gasteiger partial charge is 0.261 e. The molecule has 0 aliphatic rings. The van der Waals surface area contributed by atoms with E-state index in [1.54, 1.807) is 25.3 Å². The van der Waals surface area contributed by atoms with Crippen LogP contribution in [0.3, 0.4) is 0 Å². The van der Waals surface area contributed by atoms with Gasteiger partial charge in [-0.05, 0) is 32.0 Å². The Morgan fingerprint density at radius 1 is 1.27 bits per heavy atom. The van der Waals surface area contributed by atoms with Crippen molar-refractivity contribution in [2.75, 3.05) is 7.11 Å². The van der Waals surface area contributed by atoms with E-state index in [-0.39, 0.29) is 24.1 Å². The molecule has 1 heterocycles. The summed E-state index contributed by atoms with van der Waals surface area (Å²) in [6, 6.07) is 12.6. The maximum absolute atomic E-state index is 12.5. The van der Waals surface area contributed by atoms with Gasteiger partial charge in [-0.3, -0.25) is 14.2 Å². The lowest BCUT2D eigenvalue weighted by Gasteiger charge is -2.18. The number of aromatic nitrogens is 2. The minimum atomic E-state index is -0.264. The predicted molar refractivity (Wildman–Crippen MR) is 100 cm³/mol. The van der Waals surface area contributed by atoms with E-state index in [1.165, 1.54) is 10.9 Å². The molecule has 0 aliphatic carbocycles. The molecule has 3 rings (SSSR count). The largest absolute Gasteiger partial charge is 0.496 e. The van der Waals surface area contributed by atoms with Crippen molar-refractivity contribution in [1.29, 1.82) is 0 Å². The topological polar surface area (TPSA) is 73.2 Å². The number of ether oxygens (including phenoxy) is 1. The number of hydrogen-bond donors (Lipinski definition) is 1. The van der Waals surface area contributed by atoms with Crippen LogP contribution < -0.4 is 15.6 Å². The second kappa shape index (κ2) is 7.39. The minimum absolute atomic E-state index is 0.0882. The minimum Gasteiger partial charge on any atom is -0.496 e. The Morgan fingerprint density at radius 3 is 2.81 bits per heavy atom. The second-order valence-corrected chi connectivity index (χ2v) is 6.23. The predicted octanol–water partition coefficient (Wildman–Crippen LogP) is 2.59.